The number of carbonyl (C=O) groups excluding carboxylic acids is 1. The standard InChI is InChI=1S/C11H7F3INO2/c1-2-18-10(17)9-6(5-16)3-7(4-8(9)15)11(12,13)14/h3-4H,2H2,1H3. The molecule has 0 spiro atoms. The van der Waals surface area contributed by atoms with Gasteiger partial charge in [0.05, 0.1) is 23.3 Å². The molecule has 0 heterocycles. The summed E-state index contributed by atoms with van der Waals surface area (Å²) in [7, 11) is 0. The maximum atomic E-state index is 12.5. The Balaban J connectivity index is 3.39. The van der Waals surface area contributed by atoms with E-state index in [4.69, 9.17) is 10.00 Å². The molecule has 0 saturated heterocycles. The Hall–Kier alpha value is -1.30. The Kier molecular flexibility index (Phi) is 4.56. The number of benzene rings is 1. The minimum Gasteiger partial charge on any atom is -0.462 e. The zero-order chi connectivity index (χ0) is 13.9. The zero-order valence-corrected chi connectivity index (χ0v) is 11.3. The van der Waals surface area contributed by atoms with Crippen molar-refractivity contribution < 1.29 is 22.7 Å². The second-order valence-corrected chi connectivity index (χ2v) is 4.37. The maximum absolute atomic E-state index is 12.5. The highest BCUT2D eigenvalue weighted by atomic mass is 127. The number of rotatable bonds is 2. The molecule has 0 unspecified atom stereocenters. The van der Waals surface area contributed by atoms with Crippen LogP contribution in [0.1, 0.15) is 28.4 Å². The lowest BCUT2D eigenvalue weighted by atomic mass is 10.0. The van der Waals surface area contributed by atoms with Crippen LogP contribution in [0.4, 0.5) is 13.2 Å². The quantitative estimate of drug-likeness (QED) is 0.594. The summed E-state index contributed by atoms with van der Waals surface area (Å²) < 4.78 is 42.3. The van der Waals surface area contributed by atoms with Crippen LogP contribution >= 0.6 is 22.6 Å². The van der Waals surface area contributed by atoms with E-state index in [0.717, 1.165) is 6.07 Å². The third kappa shape index (κ3) is 3.13. The first-order valence-corrected chi connectivity index (χ1v) is 5.87. The molecule has 1 aromatic carbocycles. The van der Waals surface area contributed by atoms with Crippen LogP contribution in [-0.2, 0) is 10.9 Å². The lowest BCUT2D eigenvalue weighted by Gasteiger charge is -2.11. The second-order valence-electron chi connectivity index (χ2n) is 3.21. The first-order chi connectivity index (χ1) is 8.31. The first-order valence-electron chi connectivity index (χ1n) is 4.79. The lowest BCUT2D eigenvalue weighted by Crippen LogP contribution is -2.13. The maximum Gasteiger partial charge on any atom is 0.416 e. The average molecular weight is 369 g/mol. The Morgan fingerprint density at radius 1 is 1.50 bits per heavy atom. The van der Waals surface area contributed by atoms with Crippen LogP contribution in [0.15, 0.2) is 12.1 Å². The fourth-order valence-corrected chi connectivity index (χ4v) is 2.12. The molecule has 18 heavy (non-hydrogen) atoms. The fraction of sp³-hybridized carbons (Fsp3) is 0.273. The third-order valence-corrected chi connectivity index (χ3v) is 2.87. The largest absolute Gasteiger partial charge is 0.462 e. The highest BCUT2D eigenvalue weighted by Gasteiger charge is 2.33. The Morgan fingerprint density at radius 3 is 2.56 bits per heavy atom. The number of hydrogen-bond donors (Lipinski definition) is 0. The summed E-state index contributed by atoms with van der Waals surface area (Å²) in [5.74, 6) is -0.799. The topological polar surface area (TPSA) is 50.1 Å². The van der Waals surface area contributed by atoms with E-state index in [0.29, 0.717) is 6.07 Å². The number of ether oxygens (including phenoxy) is 1. The van der Waals surface area contributed by atoms with Gasteiger partial charge in [-0.25, -0.2) is 4.79 Å². The van der Waals surface area contributed by atoms with Crippen LogP contribution < -0.4 is 0 Å². The van der Waals surface area contributed by atoms with Crippen LogP contribution in [0.3, 0.4) is 0 Å². The van der Waals surface area contributed by atoms with E-state index in [-0.39, 0.29) is 21.3 Å². The molecule has 0 amide bonds. The average Bonchev–Trinajstić information content (AvgIpc) is 2.26. The number of nitrogens with zero attached hydrogens (tertiary/aromatic N) is 1. The van der Waals surface area contributed by atoms with Gasteiger partial charge in [0.15, 0.2) is 0 Å². The second kappa shape index (κ2) is 5.56. The van der Waals surface area contributed by atoms with Crippen molar-refractivity contribution in [3.05, 3.63) is 32.4 Å². The van der Waals surface area contributed by atoms with Gasteiger partial charge >= 0.3 is 12.1 Å². The highest BCUT2D eigenvalue weighted by molar-refractivity contribution is 14.1. The Morgan fingerprint density at radius 2 is 2.11 bits per heavy atom. The van der Waals surface area contributed by atoms with Gasteiger partial charge in [-0.1, -0.05) is 0 Å². The first kappa shape index (κ1) is 14.8. The van der Waals surface area contributed by atoms with E-state index in [9.17, 15) is 18.0 Å². The van der Waals surface area contributed by atoms with E-state index in [1.165, 1.54) is 0 Å². The molecule has 0 aliphatic heterocycles. The number of alkyl halides is 3. The fourth-order valence-electron chi connectivity index (χ4n) is 1.27. The molecule has 0 aromatic heterocycles. The summed E-state index contributed by atoms with van der Waals surface area (Å²) in [5.41, 5.74) is -1.43. The van der Waals surface area contributed by atoms with Crippen molar-refractivity contribution in [2.45, 2.75) is 13.1 Å². The van der Waals surface area contributed by atoms with E-state index >= 15 is 0 Å². The normalized spacial score (nSPS) is 10.9. The zero-order valence-electron chi connectivity index (χ0n) is 9.14. The molecule has 1 rings (SSSR count). The van der Waals surface area contributed by atoms with Crippen LogP contribution in [0.5, 0.6) is 0 Å². The van der Waals surface area contributed by atoms with Crippen LogP contribution in [-0.4, -0.2) is 12.6 Å². The van der Waals surface area contributed by atoms with Crippen LogP contribution in [0.25, 0.3) is 0 Å². The van der Waals surface area contributed by atoms with Crippen molar-refractivity contribution in [2.24, 2.45) is 0 Å². The minimum absolute atomic E-state index is 0.0393. The molecule has 1 aromatic rings. The molecule has 96 valence electrons. The van der Waals surface area contributed by atoms with Gasteiger partial charge in [-0.05, 0) is 41.6 Å². The molecule has 0 N–H and O–H groups in total. The van der Waals surface area contributed by atoms with E-state index in [2.05, 4.69) is 0 Å². The molecular formula is C11H7F3INO2. The van der Waals surface area contributed by atoms with Gasteiger partial charge in [0.25, 0.3) is 0 Å². The van der Waals surface area contributed by atoms with Gasteiger partial charge < -0.3 is 4.74 Å². The number of carbonyl (C=O) groups is 1. The molecule has 0 aliphatic rings. The summed E-state index contributed by atoms with van der Waals surface area (Å²) >= 11 is 1.58. The van der Waals surface area contributed by atoms with Gasteiger partial charge in [-0.15, -0.1) is 0 Å². The van der Waals surface area contributed by atoms with Crippen LogP contribution in [0.2, 0.25) is 0 Å². The number of halogens is 4. The smallest absolute Gasteiger partial charge is 0.416 e. The van der Waals surface area contributed by atoms with Gasteiger partial charge in [0.2, 0.25) is 0 Å². The molecular weight excluding hydrogens is 362 g/mol. The van der Waals surface area contributed by atoms with E-state index in [1.807, 2.05) is 0 Å². The molecule has 3 nitrogen and oxygen atoms in total. The highest BCUT2D eigenvalue weighted by Crippen LogP contribution is 2.32. The SMILES string of the molecule is CCOC(=O)c1c(I)cc(C(F)(F)F)cc1C#N. The Labute approximate surface area is 115 Å². The summed E-state index contributed by atoms with van der Waals surface area (Å²) in [6, 6.07) is 3.04. The van der Waals surface area contributed by atoms with Gasteiger partial charge in [0, 0.05) is 3.57 Å². The summed E-state index contributed by atoms with van der Waals surface area (Å²) in [6.07, 6.45) is -4.56. The Bertz CT molecular complexity index is 520. The molecule has 0 radical (unpaired) electrons. The third-order valence-electron chi connectivity index (χ3n) is 2.02. The van der Waals surface area contributed by atoms with Crippen LogP contribution in [0, 0.1) is 14.9 Å². The lowest BCUT2D eigenvalue weighted by molar-refractivity contribution is -0.137. The van der Waals surface area contributed by atoms with Crippen molar-refractivity contribution in [2.75, 3.05) is 6.61 Å². The van der Waals surface area contributed by atoms with Crippen molar-refractivity contribution in [3.8, 4) is 6.07 Å². The van der Waals surface area contributed by atoms with Gasteiger partial charge in [0.1, 0.15) is 6.07 Å². The van der Waals surface area contributed by atoms with E-state index in [1.54, 1.807) is 35.6 Å². The molecule has 0 fully saturated rings. The van der Waals surface area contributed by atoms with Crippen molar-refractivity contribution >= 4 is 28.6 Å². The number of hydrogen-bond acceptors (Lipinski definition) is 3. The summed E-state index contributed by atoms with van der Waals surface area (Å²) in [5, 5.41) is 8.82. The monoisotopic (exact) mass is 369 g/mol. The number of esters is 1. The van der Waals surface area contributed by atoms with Crippen molar-refractivity contribution in [1.82, 2.24) is 0 Å². The summed E-state index contributed by atoms with van der Waals surface area (Å²) in [6.45, 7) is 1.65. The minimum atomic E-state index is -4.56. The predicted molar refractivity (Wildman–Crippen MR) is 64.8 cm³/mol. The molecule has 0 aliphatic carbocycles. The van der Waals surface area contributed by atoms with E-state index < -0.39 is 17.7 Å². The van der Waals surface area contributed by atoms with Gasteiger partial charge in [-0.2, -0.15) is 18.4 Å². The van der Waals surface area contributed by atoms with Gasteiger partial charge in [-0.3, -0.25) is 0 Å². The predicted octanol–water partition coefficient (Wildman–Crippen LogP) is 3.36. The summed E-state index contributed by atoms with van der Waals surface area (Å²) in [4.78, 5) is 11.5. The molecule has 0 atom stereocenters. The molecule has 0 bridgehead atoms. The molecule has 7 heteroatoms. The molecule has 0 saturated carbocycles. The van der Waals surface area contributed by atoms with Crippen molar-refractivity contribution in [3.63, 3.8) is 0 Å². The number of nitriles is 1. The van der Waals surface area contributed by atoms with Crippen molar-refractivity contribution in [1.29, 1.82) is 5.26 Å².